The summed E-state index contributed by atoms with van der Waals surface area (Å²) >= 11 is 0. The zero-order chi connectivity index (χ0) is 13.4. The molecule has 0 heterocycles. The van der Waals surface area contributed by atoms with Gasteiger partial charge in [-0.25, -0.2) is 0 Å². The molecule has 1 fully saturated rings. The van der Waals surface area contributed by atoms with Crippen molar-refractivity contribution in [2.75, 3.05) is 34.2 Å². The van der Waals surface area contributed by atoms with Gasteiger partial charge in [0.2, 0.25) is 5.91 Å². The third-order valence-corrected chi connectivity index (χ3v) is 4.18. The molecule has 0 spiro atoms. The van der Waals surface area contributed by atoms with E-state index < -0.39 is 0 Å². The Labute approximate surface area is 111 Å². The number of carbonyl (C=O) groups excluding carboxylic acids is 1. The molecular weight excluding hydrogens is 226 g/mol. The maximum atomic E-state index is 12.2. The minimum absolute atomic E-state index is 0.0621. The highest BCUT2D eigenvalue weighted by molar-refractivity contribution is 5.77. The van der Waals surface area contributed by atoms with Crippen LogP contribution in [-0.4, -0.2) is 50.6 Å². The van der Waals surface area contributed by atoms with Crippen molar-refractivity contribution in [3.05, 3.63) is 0 Å². The molecule has 18 heavy (non-hydrogen) atoms. The van der Waals surface area contributed by atoms with Gasteiger partial charge in [0.15, 0.2) is 0 Å². The number of nitrogens with one attached hydrogen (secondary N) is 2. The number of nitrogens with zero attached hydrogens (tertiary/aromatic N) is 1. The molecule has 4 nitrogen and oxygen atoms in total. The van der Waals surface area contributed by atoms with Crippen molar-refractivity contribution in [3.63, 3.8) is 0 Å². The average molecular weight is 255 g/mol. The Morgan fingerprint density at radius 1 is 1.22 bits per heavy atom. The lowest BCUT2D eigenvalue weighted by Crippen LogP contribution is -2.48. The van der Waals surface area contributed by atoms with Crippen LogP contribution in [0.25, 0.3) is 0 Å². The van der Waals surface area contributed by atoms with E-state index in [9.17, 15) is 4.79 Å². The third-order valence-electron chi connectivity index (χ3n) is 4.18. The highest BCUT2D eigenvalue weighted by atomic mass is 16.2. The number of hydrogen-bond donors (Lipinski definition) is 2. The number of amides is 1. The smallest absolute Gasteiger partial charge is 0.224 e. The molecule has 106 valence electrons. The van der Waals surface area contributed by atoms with Gasteiger partial charge in [0.1, 0.15) is 0 Å². The Bertz CT molecular complexity index is 249. The van der Waals surface area contributed by atoms with Crippen LogP contribution in [0.4, 0.5) is 0 Å². The molecule has 4 heteroatoms. The second-order valence-corrected chi connectivity index (χ2v) is 5.54. The molecular formula is C14H29N3O. The van der Waals surface area contributed by atoms with Crippen molar-refractivity contribution < 1.29 is 4.79 Å². The zero-order valence-electron chi connectivity index (χ0n) is 12.2. The summed E-state index contributed by atoms with van der Waals surface area (Å²) in [7, 11) is 5.86. The van der Waals surface area contributed by atoms with E-state index in [-0.39, 0.29) is 11.4 Å². The molecule has 0 saturated heterocycles. The predicted molar refractivity (Wildman–Crippen MR) is 75.7 cm³/mol. The fraction of sp³-hybridized carbons (Fsp3) is 0.929. The van der Waals surface area contributed by atoms with Crippen molar-refractivity contribution in [3.8, 4) is 0 Å². The Balaban J connectivity index is 2.40. The van der Waals surface area contributed by atoms with E-state index >= 15 is 0 Å². The molecule has 0 bridgehead atoms. The molecule has 0 aromatic rings. The molecule has 2 N–H and O–H groups in total. The van der Waals surface area contributed by atoms with E-state index in [0.717, 1.165) is 32.4 Å². The molecule has 0 aromatic heterocycles. The third kappa shape index (κ3) is 4.58. The molecule has 1 aliphatic carbocycles. The topological polar surface area (TPSA) is 44.4 Å². The average Bonchev–Trinajstić information content (AvgIpc) is 2.40. The van der Waals surface area contributed by atoms with E-state index in [0.29, 0.717) is 6.42 Å². The fourth-order valence-electron chi connectivity index (χ4n) is 2.79. The van der Waals surface area contributed by atoms with Crippen LogP contribution in [0, 0.1) is 0 Å². The van der Waals surface area contributed by atoms with Crippen LogP contribution in [0.2, 0.25) is 0 Å². The minimum atomic E-state index is 0.0621. The molecule has 1 aliphatic rings. The van der Waals surface area contributed by atoms with Crippen LogP contribution in [0.5, 0.6) is 0 Å². The lowest BCUT2D eigenvalue weighted by molar-refractivity contribution is -0.131. The van der Waals surface area contributed by atoms with E-state index in [1.807, 2.05) is 26.0 Å². The van der Waals surface area contributed by atoms with Gasteiger partial charge in [-0.3, -0.25) is 4.79 Å². The standard InChI is InChI=1S/C14H29N3O/c1-15-10-7-11-17(3)13(18)12-14(16-2)8-5-4-6-9-14/h15-16H,4-12H2,1-3H3. The van der Waals surface area contributed by atoms with Crippen LogP contribution in [0.15, 0.2) is 0 Å². The van der Waals surface area contributed by atoms with Gasteiger partial charge in [0.05, 0.1) is 0 Å². The van der Waals surface area contributed by atoms with E-state index in [1.54, 1.807) is 0 Å². The predicted octanol–water partition coefficient (Wildman–Crippen LogP) is 1.37. The molecule has 0 aliphatic heterocycles. The fourth-order valence-corrected chi connectivity index (χ4v) is 2.79. The second kappa shape index (κ2) is 7.74. The van der Waals surface area contributed by atoms with Crippen LogP contribution in [0.3, 0.4) is 0 Å². The molecule has 1 saturated carbocycles. The van der Waals surface area contributed by atoms with Gasteiger partial charge in [-0.05, 0) is 39.9 Å². The molecule has 0 radical (unpaired) electrons. The normalized spacial score (nSPS) is 18.6. The Morgan fingerprint density at radius 3 is 2.44 bits per heavy atom. The maximum Gasteiger partial charge on any atom is 0.224 e. The highest BCUT2D eigenvalue weighted by Crippen LogP contribution is 2.31. The molecule has 0 atom stereocenters. The summed E-state index contributed by atoms with van der Waals surface area (Å²) in [6.07, 6.45) is 7.76. The second-order valence-electron chi connectivity index (χ2n) is 5.54. The van der Waals surface area contributed by atoms with Gasteiger partial charge in [-0.1, -0.05) is 19.3 Å². The lowest BCUT2D eigenvalue weighted by Gasteiger charge is -2.37. The van der Waals surface area contributed by atoms with Gasteiger partial charge in [-0.2, -0.15) is 0 Å². The Hall–Kier alpha value is -0.610. The highest BCUT2D eigenvalue weighted by Gasteiger charge is 2.33. The van der Waals surface area contributed by atoms with E-state index in [1.165, 1.54) is 19.3 Å². The maximum absolute atomic E-state index is 12.2. The summed E-state index contributed by atoms with van der Waals surface area (Å²) in [5, 5.41) is 6.52. The summed E-state index contributed by atoms with van der Waals surface area (Å²) in [5.74, 6) is 0.280. The number of rotatable bonds is 7. The number of hydrogen-bond acceptors (Lipinski definition) is 3. The molecule has 1 amide bonds. The van der Waals surface area contributed by atoms with Crippen molar-refractivity contribution in [2.45, 2.75) is 50.5 Å². The largest absolute Gasteiger partial charge is 0.346 e. The Morgan fingerprint density at radius 2 is 1.89 bits per heavy atom. The molecule has 0 unspecified atom stereocenters. The van der Waals surface area contributed by atoms with Gasteiger partial charge < -0.3 is 15.5 Å². The summed E-state index contributed by atoms with van der Waals surface area (Å²) in [5.41, 5.74) is 0.0621. The first-order chi connectivity index (χ1) is 8.63. The SMILES string of the molecule is CNCCCN(C)C(=O)CC1(NC)CCCCC1. The van der Waals surface area contributed by atoms with Crippen LogP contribution < -0.4 is 10.6 Å². The van der Waals surface area contributed by atoms with Crippen molar-refractivity contribution in [1.29, 1.82) is 0 Å². The van der Waals surface area contributed by atoms with Crippen LogP contribution in [-0.2, 0) is 4.79 Å². The van der Waals surface area contributed by atoms with Gasteiger partial charge in [0, 0.05) is 25.6 Å². The number of carbonyl (C=O) groups is 1. The van der Waals surface area contributed by atoms with Crippen molar-refractivity contribution in [1.82, 2.24) is 15.5 Å². The van der Waals surface area contributed by atoms with E-state index in [4.69, 9.17) is 0 Å². The van der Waals surface area contributed by atoms with E-state index in [2.05, 4.69) is 10.6 Å². The first-order valence-electron chi connectivity index (χ1n) is 7.21. The first-order valence-corrected chi connectivity index (χ1v) is 7.21. The zero-order valence-corrected chi connectivity index (χ0v) is 12.2. The minimum Gasteiger partial charge on any atom is -0.346 e. The molecule has 1 rings (SSSR count). The first kappa shape index (κ1) is 15.4. The molecule has 0 aromatic carbocycles. The quantitative estimate of drug-likeness (QED) is 0.675. The summed E-state index contributed by atoms with van der Waals surface area (Å²) < 4.78 is 0. The lowest BCUT2D eigenvalue weighted by atomic mass is 9.79. The van der Waals surface area contributed by atoms with Gasteiger partial charge >= 0.3 is 0 Å². The van der Waals surface area contributed by atoms with Crippen molar-refractivity contribution >= 4 is 5.91 Å². The van der Waals surface area contributed by atoms with Crippen LogP contribution >= 0.6 is 0 Å². The van der Waals surface area contributed by atoms with Crippen LogP contribution in [0.1, 0.15) is 44.9 Å². The van der Waals surface area contributed by atoms with Crippen molar-refractivity contribution in [2.24, 2.45) is 0 Å². The summed E-state index contributed by atoms with van der Waals surface area (Å²) in [6.45, 7) is 1.81. The summed E-state index contributed by atoms with van der Waals surface area (Å²) in [4.78, 5) is 14.1. The summed E-state index contributed by atoms with van der Waals surface area (Å²) in [6, 6.07) is 0. The Kier molecular flexibility index (Phi) is 6.65. The van der Waals surface area contributed by atoms with Gasteiger partial charge in [0.25, 0.3) is 0 Å². The monoisotopic (exact) mass is 255 g/mol. The van der Waals surface area contributed by atoms with Gasteiger partial charge in [-0.15, -0.1) is 0 Å².